The Bertz CT molecular complexity index is 996. The van der Waals surface area contributed by atoms with Crippen LogP contribution in [0.5, 0.6) is 17.2 Å². The van der Waals surface area contributed by atoms with Gasteiger partial charge in [0.2, 0.25) is 0 Å². The van der Waals surface area contributed by atoms with Gasteiger partial charge in [-0.25, -0.2) is 4.79 Å². The van der Waals surface area contributed by atoms with Gasteiger partial charge in [-0.1, -0.05) is 24.3 Å². The Hall–Kier alpha value is -3.80. The molecule has 0 fully saturated rings. The number of hydrogen-bond acceptors (Lipinski definition) is 5. The number of carbonyl (C=O) groups is 1. The number of carboxylic acids is 1. The highest BCUT2D eigenvalue weighted by Crippen LogP contribution is 2.29. The van der Waals surface area contributed by atoms with Crippen LogP contribution in [-0.2, 0) is 6.61 Å². The first-order valence-corrected chi connectivity index (χ1v) is 8.52. The van der Waals surface area contributed by atoms with Crippen molar-refractivity contribution in [3.63, 3.8) is 0 Å². The van der Waals surface area contributed by atoms with Crippen LogP contribution in [0.4, 0.5) is 5.69 Å². The molecule has 0 amide bonds. The topological polar surface area (TPSA) is 88.4 Å². The second-order valence-electron chi connectivity index (χ2n) is 5.95. The molecule has 0 radical (unpaired) electrons. The molecular weight excluding hydrogens is 358 g/mol. The summed E-state index contributed by atoms with van der Waals surface area (Å²) in [7, 11) is 1.55. The number of nitrogens with zero attached hydrogens (tertiary/aromatic N) is 1. The lowest BCUT2D eigenvalue weighted by Crippen LogP contribution is -2.00. The number of rotatable bonds is 7. The molecule has 0 aliphatic heterocycles. The number of carboxylic acid groups (broad SMARTS) is 1. The third kappa shape index (κ3) is 4.67. The van der Waals surface area contributed by atoms with Crippen LogP contribution in [0.2, 0.25) is 0 Å². The monoisotopic (exact) mass is 377 g/mol. The highest BCUT2D eigenvalue weighted by molar-refractivity contribution is 5.87. The van der Waals surface area contributed by atoms with Crippen molar-refractivity contribution in [2.45, 2.75) is 6.61 Å². The van der Waals surface area contributed by atoms with E-state index < -0.39 is 5.97 Å². The van der Waals surface area contributed by atoms with E-state index in [0.717, 1.165) is 11.1 Å². The molecule has 0 atom stereocenters. The van der Waals surface area contributed by atoms with Crippen molar-refractivity contribution in [2.75, 3.05) is 7.11 Å². The molecule has 0 spiro atoms. The third-order valence-electron chi connectivity index (χ3n) is 4.02. The molecule has 0 saturated heterocycles. The lowest BCUT2D eigenvalue weighted by molar-refractivity contribution is 0.0697. The van der Waals surface area contributed by atoms with Crippen LogP contribution < -0.4 is 9.47 Å². The van der Waals surface area contributed by atoms with Crippen LogP contribution in [0.3, 0.4) is 0 Å². The van der Waals surface area contributed by atoms with Gasteiger partial charge in [0, 0.05) is 6.21 Å². The SMILES string of the molecule is COc1cc(C=Nc2ccccc2O)ccc1OCc1ccc(C(=O)O)cc1. The minimum atomic E-state index is -0.963. The molecule has 0 aromatic heterocycles. The second kappa shape index (κ2) is 8.73. The summed E-state index contributed by atoms with van der Waals surface area (Å²) in [5.41, 5.74) is 2.34. The van der Waals surface area contributed by atoms with E-state index in [1.807, 2.05) is 6.07 Å². The second-order valence-corrected chi connectivity index (χ2v) is 5.95. The predicted molar refractivity (Wildman–Crippen MR) is 106 cm³/mol. The van der Waals surface area contributed by atoms with Crippen molar-refractivity contribution >= 4 is 17.9 Å². The van der Waals surface area contributed by atoms with Crippen molar-refractivity contribution in [2.24, 2.45) is 4.99 Å². The van der Waals surface area contributed by atoms with Crippen molar-refractivity contribution in [1.82, 2.24) is 0 Å². The molecule has 6 heteroatoms. The van der Waals surface area contributed by atoms with Crippen LogP contribution in [-0.4, -0.2) is 29.5 Å². The maximum Gasteiger partial charge on any atom is 0.335 e. The Balaban J connectivity index is 1.70. The Morgan fingerprint density at radius 2 is 1.79 bits per heavy atom. The molecular formula is C22H19NO5. The fourth-order valence-electron chi connectivity index (χ4n) is 2.51. The lowest BCUT2D eigenvalue weighted by Gasteiger charge is -2.11. The van der Waals surface area contributed by atoms with Crippen LogP contribution in [0.1, 0.15) is 21.5 Å². The van der Waals surface area contributed by atoms with E-state index in [9.17, 15) is 9.90 Å². The molecule has 0 unspecified atom stereocenters. The Kier molecular flexibility index (Phi) is 5.91. The number of aromatic hydroxyl groups is 1. The van der Waals surface area contributed by atoms with E-state index in [1.165, 1.54) is 12.1 Å². The maximum absolute atomic E-state index is 10.9. The quantitative estimate of drug-likeness (QED) is 0.595. The van der Waals surface area contributed by atoms with E-state index in [-0.39, 0.29) is 17.9 Å². The van der Waals surface area contributed by atoms with Crippen LogP contribution in [0.15, 0.2) is 71.7 Å². The number of methoxy groups -OCH3 is 1. The van der Waals surface area contributed by atoms with Gasteiger partial charge in [-0.05, 0) is 53.6 Å². The molecule has 2 N–H and O–H groups in total. The summed E-state index contributed by atoms with van der Waals surface area (Å²) in [6.45, 7) is 0.279. The first-order chi connectivity index (χ1) is 13.6. The molecule has 3 aromatic rings. The zero-order chi connectivity index (χ0) is 19.9. The molecule has 3 aromatic carbocycles. The number of hydrogen-bond donors (Lipinski definition) is 2. The summed E-state index contributed by atoms with van der Waals surface area (Å²) in [6, 6.07) is 18.7. The molecule has 0 aliphatic rings. The largest absolute Gasteiger partial charge is 0.506 e. The first-order valence-electron chi connectivity index (χ1n) is 8.52. The molecule has 0 aliphatic carbocycles. The molecule has 142 valence electrons. The highest BCUT2D eigenvalue weighted by atomic mass is 16.5. The number of benzene rings is 3. The minimum Gasteiger partial charge on any atom is -0.506 e. The van der Waals surface area contributed by atoms with Gasteiger partial charge in [-0.15, -0.1) is 0 Å². The molecule has 28 heavy (non-hydrogen) atoms. The molecule has 6 nitrogen and oxygen atoms in total. The average Bonchev–Trinajstić information content (AvgIpc) is 2.72. The zero-order valence-electron chi connectivity index (χ0n) is 15.2. The fourth-order valence-corrected chi connectivity index (χ4v) is 2.51. The summed E-state index contributed by atoms with van der Waals surface area (Å²) >= 11 is 0. The first kappa shape index (κ1) is 19.0. The summed E-state index contributed by atoms with van der Waals surface area (Å²) in [4.78, 5) is 15.2. The van der Waals surface area contributed by atoms with Crippen LogP contribution >= 0.6 is 0 Å². The number of phenols is 1. The number of ether oxygens (including phenoxy) is 2. The van der Waals surface area contributed by atoms with E-state index in [0.29, 0.717) is 17.2 Å². The smallest absolute Gasteiger partial charge is 0.335 e. The zero-order valence-corrected chi connectivity index (χ0v) is 15.2. The summed E-state index contributed by atoms with van der Waals surface area (Å²) in [5, 5.41) is 18.7. The minimum absolute atomic E-state index is 0.111. The maximum atomic E-state index is 10.9. The van der Waals surface area contributed by atoms with Gasteiger partial charge in [0.25, 0.3) is 0 Å². The fraction of sp³-hybridized carbons (Fsp3) is 0.0909. The molecule has 0 saturated carbocycles. The number of aromatic carboxylic acids is 1. The summed E-state index contributed by atoms with van der Waals surface area (Å²) in [6.07, 6.45) is 1.63. The molecule has 0 heterocycles. The Morgan fingerprint density at radius 1 is 1.04 bits per heavy atom. The molecule has 0 bridgehead atoms. The van der Waals surface area contributed by atoms with E-state index >= 15 is 0 Å². The van der Waals surface area contributed by atoms with Crippen molar-refractivity contribution < 1.29 is 24.5 Å². The van der Waals surface area contributed by atoms with Gasteiger partial charge in [-0.3, -0.25) is 4.99 Å². The van der Waals surface area contributed by atoms with E-state index in [2.05, 4.69) is 4.99 Å². The van der Waals surface area contributed by atoms with Gasteiger partial charge in [0.1, 0.15) is 18.0 Å². The summed E-state index contributed by atoms with van der Waals surface area (Å²) in [5.74, 6) is 0.253. The van der Waals surface area contributed by atoms with Gasteiger partial charge in [-0.2, -0.15) is 0 Å². The van der Waals surface area contributed by atoms with E-state index in [4.69, 9.17) is 14.6 Å². The van der Waals surface area contributed by atoms with Crippen molar-refractivity contribution in [1.29, 1.82) is 0 Å². The van der Waals surface area contributed by atoms with Crippen molar-refractivity contribution in [3.8, 4) is 17.2 Å². The van der Waals surface area contributed by atoms with Crippen LogP contribution in [0.25, 0.3) is 0 Å². The number of aliphatic imine (C=N–C) groups is 1. The van der Waals surface area contributed by atoms with Crippen LogP contribution in [0, 0.1) is 0 Å². The standard InChI is InChI=1S/C22H19NO5/c1-27-21-12-16(13-23-18-4-2-3-5-19(18)24)8-11-20(21)28-14-15-6-9-17(10-7-15)22(25)26/h2-13,24H,14H2,1H3,(H,25,26). The van der Waals surface area contributed by atoms with Crippen molar-refractivity contribution in [3.05, 3.63) is 83.4 Å². The van der Waals surface area contributed by atoms with Gasteiger partial charge < -0.3 is 19.7 Å². The molecule has 3 rings (SSSR count). The van der Waals surface area contributed by atoms with Gasteiger partial charge >= 0.3 is 5.97 Å². The summed E-state index contributed by atoms with van der Waals surface area (Å²) < 4.78 is 11.2. The Morgan fingerprint density at radius 3 is 2.46 bits per heavy atom. The highest BCUT2D eigenvalue weighted by Gasteiger charge is 2.07. The lowest BCUT2D eigenvalue weighted by atomic mass is 10.1. The van der Waals surface area contributed by atoms with Gasteiger partial charge in [0.05, 0.1) is 12.7 Å². The number of phenolic OH excluding ortho intramolecular Hbond substituents is 1. The average molecular weight is 377 g/mol. The number of para-hydroxylation sites is 2. The predicted octanol–water partition coefficient (Wildman–Crippen LogP) is 4.43. The van der Waals surface area contributed by atoms with E-state index in [1.54, 1.807) is 61.9 Å². The Labute approximate surface area is 162 Å². The third-order valence-corrected chi connectivity index (χ3v) is 4.02. The van der Waals surface area contributed by atoms with Gasteiger partial charge in [0.15, 0.2) is 11.5 Å². The normalized spacial score (nSPS) is 10.8.